The van der Waals surface area contributed by atoms with Crippen LogP contribution in [0.4, 0.5) is 9.59 Å². The number of carbonyl (C=O) groups excluding carboxylic acids is 4. The van der Waals surface area contributed by atoms with Crippen LogP contribution in [0.3, 0.4) is 0 Å². The topological polar surface area (TPSA) is 129 Å². The van der Waals surface area contributed by atoms with E-state index in [0.717, 1.165) is 31.4 Å². The number of esters is 2. The maximum atomic E-state index is 12.1. The summed E-state index contributed by atoms with van der Waals surface area (Å²) in [6.45, 7) is 10.9. The molecule has 0 heterocycles. The molecule has 0 rings (SSSR count). The molecular weight excluding hydrogens is 544 g/mol. The van der Waals surface area contributed by atoms with Crippen molar-refractivity contribution in [3.05, 3.63) is 0 Å². The summed E-state index contributed by atoms with van der Waals surface area (Å²) in [5.41, 5.74) is 0. The summed E-state index contributed by atoms with van der Waals surface area (Å²) in [7, 11) is 0. The molecule has 2 N–H and O–H groups in total. The van der Waals surface area contributed by atoms with Gasteiger partial charge in [-0.3, -0.25) is 9.59 Å². The van der Waals surface area contributed by atoms with E-state index in [2.05, 4.69) is 10.6 Å². The summed E-state index contributed by atoms with van der Waals surface area (Å²) in [5, 5.41) is 5.47. The van der Waals surface area contributed by atoms with E-state index >= 15 is 0 Å². The Hall–Kier alpha value is -1.82. The van der Waals surface area contributed by atoms with Gasteiger partial charge in [0.05, 0.1) is 25.0 Å². The number of alkyl carbamates (subject to hydrolysis) is 2. The number of unbranched alkanes of at least 4 members (excludes halogenated alkanes) is 3. The molecule has 0 aromatic carbocycles. The van der Waals surface area contributed by atoms with Gasteiger partial charge in [0.2, 0.25) is 0 Å². The van der Waals surface area contributed by atoms with Crippen LogP contribution in [0, 0.1) is 11.8 Å². The minimum absolute atomic E-state index is 0.0914. The predicted octanol–water partition coefficient (Wildman–Crippen LogP) is 5.03. The zero-order valence-electron chi connectivity index (χ0n) is 24.6. The number of rotatable bonds is 22. The molecule has 0 aromatic rings. The summed E-state index contributed by atoms with van der Waals surface area (Å²) >= 11 is 3.16. The third-order valence-corrected chi connectivity index (χ3v) is 7.82. The molecule has 4 unspecified atom stereocenters. The van der Waals surface area contributed by atoms with Crippen LogP contribution in [-0.2, 0) is 28.5 Å². The van der Waals surface area contributed by atoms with Crippen molar-refractivity contribution in [2.45, 2.75) is 85.4 Å². The Bertz CT molecular complexity index is 699. The monoisotopic (exact) mass is 594 g/mol. The van der Waals surface area contributed by atoms with Crippen LogP contribution in [0.5, 0.6) is 0 Å². The average molecular weight is 595 g/mol. The molecule has 0 saturated heterocycles. The van der Waals surface area contributed by atoms with E-state index in [9.17, 15) is 19.2 Å². The van der Waals surface area contributed by atoms with Gasteiger partial charge in [-0.25, -0.2) is 9.59 Å². The number of hydrogen-bond acceptors (Lipinski definition) is 10. The van der Waals surface area contributed by atoms with Crippen molar-refractivity contribution < 1.29 is 38.1 Å². The first-order valence-corrected chi connectivity index (χ1v) is 16.4. The minimum atomic E-state index is -0.463. The van der Waals surface area contributed by atoms with Crippen molar-refractivity contribution in [2.24, 2.45) is 11.8 Å². The van der Waals surface area contributed by atoms with E-state index in [1.165, 1.54) is 11.8 Å². The van der Waals surface area contributed by atoms with E-state index in [4.69, 9.17) is 18.9 Å². The van der Waals surface area contributed by atoms with E-state index in [0.29, 0.717) is 50.7 Å². The normalized spacial score (nSPS) is 13.9. The van der Waals surface area contributed by atoms with E-state index in [-0.39, 0.29) is 36.0 Å². The van der Waals surface area contributed by atoms with Gasteiger partial charge < -0.3 is 29.6 Å². The standard InChI is InChI=1S/C27H50N2O8S2/c1-7-20(2)24(30)34-15-11-12-16-35-25(31)21(3)17-39-19-23(5)37-27(33)29-14-10-8-9-13-28-26(32)36-22(4)18-38-6/h20-23H,7-19H2,1-6H3,(H,28,32)(H,29,33). The fourth-order valence-electron chi connectivity index (χ4n) is 3.04. The van der Waals surface area contributed by atoms with E-state index in [1.54, 1.807) is 11.8 Å². The maximum Gasteiger partial charge on any atom is 0.407 e. The van der Waals surface area contributed by atoms with Crippen LogP contribution >= 0.6 is 23.5 Å². The van der Waals surface area contributed by atoms with E-state index in [1.807, 2.05) is 40.9 Å². The van der Waals surface area contributed by atoms with Crippen molar-refractivity contribution >= 4 is 47.6 Å². The lowest BCUT2D eigenvalue weighted by atomic mass is 10.1. The van der Waals surface area contributed by atoms with Gasteiger partial charge in [-0.1, -0.05) is 20.8 Å². The second kappa shape index (κ2) is 24.0. The Morgan fingerprint density at radius 3 is 1.64 bits per heavy atom. The molecule has 10 nitrogen and oxygen atoms in total. The highest BCUT2D eigenvalue weighted by atomic mass is 32.2. The first-order chi connectivity index (χ1) is 18.6. The van der Waals surface area contributed by atoms with Gasteiger partial charge in [-0.2, -0.15) is 23.5 Å². The number of ether oxygens (including phenoxy) is 4. The fraction of sp³-hybridized carbons (Fsp3) is 0.852. The summed E-state index contributed by atoms with van der Waals surface area (Å²) in [4.78, 5) is 47.3. The maximum absolute atomic E-state index is 12.1. The summed E-state index contributed by atoms with van der Waals surface area (Å²) in [5.74, 6) is 1.10. The second-order valence-corrected chi connectivity index (χ2v) is 11.6. The lowest BCUT2D eigenvalue weighted by Gasteiger charge is -2.15. The molecule has 0 fully saturated rings. The zero-order chi connectivity index (χ0) is 29.5. The molecule has 4 atom stereocenters. The zero-order valence-corrected chi connectivity index (χ0v) is 26.2. The number of nitrogens with one attached hydrogen (secondary N) is 2. The van der Waals surface area contributed by atoms with Crippen LogP contribution < -0.4 is 10.6 Å². The second-order valence-electron chi connectivity index (χ2n) is 9.59. The van der Waals surface area contributed by atoms with Crippen molar-refractivity contribution in [1.29, 1.82) is 0 Å². The van der Waals surface area contributed by atoms with E-state index < -0.39 is 12.2 Å². The van der Waals surface area contributed by atoms with Gasteiger partial charge in [0.15, 0.2) is 0 Å². The summed E-state index contributed by atoms with van der Waals surface area (Å²) < 4.78 is 21.0. The number of amides is 2. The largest absolute Gasteiger partial charge is 0.465 e. The molecule has 39 heavy (non-hydrogen) atoms. The van der Waals surface area contributed by atoms with Crippen LogP contribution in [0.25, 0.3) is 0 Å². The minimum Gasteiger partial charge on any atom is -0.465 e. The lowest BCUT2D eigenvalue weighted by Crippen LogP contribution is -2.30. The third-order valence-electron chi connectivity index (χ3n) is 5.57. The molecule has 0 aliphatic heterocycles. The van der Waals surface area contributed by atoms with Gasteiger partial charge in [0.25, 0.3) is 0 Å². The number of hydrogen-bond donors (Lipinski definition) is 2. The molecule has 0 bridgehead atoms. The number of carbonyl (C=O) groups is 4. The Morgan fingerprint density at radius 2 is 1.15 bits per heavy atom. The molecule has 0 radical (unpaired) electrons. The van der Waals surface area contributed by atoms with Gasteiger partial charge in [-0.15, -0.1) is 0 Å². The molecule has 2 amide bonds. The highest BCUT2D eigenvalue weighted by Crippen LogP contribution is 2.13. The average Bonchev–Trinajstić information content (AvgIpc) is 2.89. The molecule has 12 heteroatoms. The van der Waals surface area contributed by atoms with Crippen molar-refractivity contribution in [3.63, 3.8) is 0 Å². The first-order valence-electron chi connectivity index (χ1n) is 13.9. The van der Waals surface area contributed by atoms with Gasteiger partial charge in [-0.05, 0) is 58.6 Å². The van der Waals surface area contributed by atoms with Gasteiger partial charge in [0.1, 0.15) is 12.2 Å². The highest BCUT2D eigenvalue weighted by Gasteiger charge is 2.16. The van der Waals surface area contributed by atoms with Crippen molar-refractivity contribution in [3.8, 4) is 0 Å². The van der Waals surface area contributed by atoms with Crippen LogP contribution in [-0.4, -0.2) is 86.2 Å². The fourth-order valence-corrected chi connectivity index (χ4v) is 4.60. The molecular formula is C27H50N2O8S2. The number of thioether (sulfide) groups is 2. The molecule has 0 saturated carbocycles. The molecule has 0 aliphatic carbocycles. The Labute approximate surface area is 243 Å². The highest BCUT2D eigenvalue weighted by molar-refractivity contribution is 7.99. The molecule has 0 aromatic heterocycles. The van der Waals surface area contributed by atoms with Gasteiger partial charge >= 0.3 is 24.1 Å². The van der Waals surface area contributed by atoms with Crippen LogP contribution in [0.15, 0.2) is 0 Å². The first kappa shape index (κ1) is 37.2. The Morgan fingerprint density at radius 1 is 0.667 bits per heavy atom. The molecule has 0 spiro atoms. The van der Waals surface area contributed by atoms with Crippen LogP contribution in [0.2, 0.25) is 0 Å². The SMILES string of the molecule is CCC(C)C(=O)OCCCCOC(=O)C(C)CSCC(C)OC(=O)NCCCCCNC(=O)OC(C)CSC. The van der Waals surface area contributed by atoms with Crippen molar-refractivity contribution in [1.82, 2.24) is 10.6 Å². The van der Waals surface area contributed by atoms with Gasteiger partial charge in [0, 0.05) is 30.3 Å². The summed E-state index contributed by atoms with van der Waals surface area (Å²) in [6, 6.07) is 0. The molecule has 0 aliphatic rings. The quantitative estimate of drug-likeness (QED) is 0.1000. The van der Waals surface area contributed by atoms with Crippen molar-refractivity contribution in [2.75, 3.05) is 49.8 Å². The molecule has 228 valence electrons. The predicted molar refractivity (Wildman–Crippen MR) is 157 cm³/mol. The Kier molecular flexibility index (Phi) is 22.9. The summed E-state index contributed by atoms with van der Waals surface area (Å²) in [6.07, 6.45) is 5.17. The third kappa shape index (κ3) is 21.7. The lowest BCUT2D eigenvalue weighted by molar-refractivity contribution is -0.150. The Balaban J connectivity index is 3.73. The van der Waals surface area contributed by atoms with Crippen LogP contribution in [0.1, 0.15) is 73.1 Å². The smallest absolute Gasteiger partial charge is 0.407 e.